The van der Waals surface area contributed by atoms with Crippen molar-refractivity contribution in [3.8, 4) is 11.8 Å². The van der Waals surface area contributed by atoms with Gasteiger partial charge in [-0.1, -0.05) is 24.6 Å². The van der Waals surface area contributed by atoms with Crippen molar-refractivity contribution in [2.24, 2.45) is 0 Å². The van der Waals surface area contributed by atoms with E-state index < -0.39 is 15.7 Å². The molecule has 1 aromatic carbocycles. The number of benzene rings is 1. The predicted octanol–water partition coefficient (Wildman–Crippen LogP) is 3.90. The molecule has 166 valence electrons. The summed E-state index contributed by atoms with van der Waals surface area (Å²) >= 11 is 0.751. The molecule has 0 radical (unpaired) electrons. The van der Waals surface area contributed by atoms with Crippen molar-refractivity contribution in [1.82, 2.24) is 13.9 Å². The summed E-state index contributed by atoms with van der Waals surface area (Å²) in [6.45, 7) is 9.46. The predicted molar refractivity (Wildman–Crippen MR) is 125 cm³/mol. The highest BCUT2D eigenvalue weighted by molar-refractivity contribution is 7.91. The Morgan fingerprint density at radius 3 is 2.59 bits per heavy atom. The van der Waals surface area contributed by atoms with Gasteiger partial charge < -0.3 is 4.57 Å². The summed E-state index contributed by atoms with van der Waals surface area (Å²) in [6.07, 6.45) is 1.52. The molecule has 1 amide bonds. The number of aromatic nitrogens is 3. The molecule has 3 rings (SSSR count). The Bertz CT molecular complexity index is 1370. The molecule has 3 aromatic rings. The van der Waals surface area contributed by atoms with Crippen LogP contribution in [0.4, 0.5) is 5.13 Å². The Morgan fingerprint density at radius 1 is 1.25 bits per heavy atom. The van der Waals surface area contributed by atoms with Gasteiger partial charge in [-0.25, -0.2) is 8.42 Å². The average Bonchev–Trinajstić information content (AvgIpc) is 3.31. The van der Waals surface area contributed by atoms with E-state index in [0.717, 1.165) is 39.7 Å². The minimum Gasteiger partial charge on any atom is -0.318 e. The van der Waals surface area contributed by atoms with Crippen molar-refractivity contribution < 1.29 is 13.2 Å². The number of carbonyl (C=O) groups is 1. The van der Waals surface area contributed by atoms with Gasteiger partial charge in [0.25, 0.3) is 11.1 Å². The molecule has 0 aliphatic carbocycles. The van der Waals surface area contributed by atoms with E-state index in [1.54, 1.807) is 0 Å². The summed E-state index contributed by atoms with van der Waals surface area (Å²) in [5.74, 6) is -0.822. The highest BCUT2D eigenvalue weighted by Gasteiger charge is 2.20. The van der Waals surface area contributed by atoms with Crippen molar-refractivity contribution in [2.45, 2.75) is 39.8 Å². The quantitative estimate of drug-likeness (QED) is 0.432. The van der Waals surface area contributed by atoms with E-state index >= 15 is 0 Å². The number of aryl methyl sites for hydroxylation is 3. The van der Waals surface area contributed by atoms with E-state index in [-0.39, 0.29) is 21.6 Å². The van der Waals surface area contributed by atoms with E-state index in [4.69, 9.17) is 0 Å². The summed E-state index contributed by atoms with van der Waals surface area (Å²) < 4.78 is 29.6. The number of amides is 1. The Hall–Kier alpha value is -3.29. The molecule has 10 heteroatoms. The number of hydrogen-bond donors (Lipinski definition) is 1. The van der Waals surface area contributed by atoms with Crippen LogP contribution in [0.1, 0.15) is 35.0 Å². The third-order valence-electron chi connectivity index (χ3n) is 5.01. The van der Waals surface area contributed by atoms with Crippen LogP contribution in [0.15, 0.2) is 35.0 Å². The molecule has 0 aliphatic rings. The number of hydrogen-bond acceptors (Lipinski definition) is 7. The Kier molecular flexibility index (Phi) is 6.62. The van der Waals surface area contributed by atoms with Crippen LogP contribution in [0.25, 0.3) is 11.8 Å². The maximum atomic E-state index is 12.6. The molecule has 0 bridgehead atoms. The van der Waals surface area contributed by atoms with E-state index in [2.05, 4.69) is 25.3 Å². The van der Waals surface area contributed by atoms with E-state index in [9.17, 15) is 18.5 Å². The van der Waals surface area contributed by atoms with Crippen molar-refractivity contribution in [3.05, 3.63) is 57.9 Å². The molecule has 2 heterocycles. The molecule has 0 aliphatic heterocycles. The van der Waals surface area contributed by atoms with Crippen LogP contribution >= 0.6 is 11.5 Å². The van der Waals surface area contributed by atoms with Crippen LogP contribution in [-0.4, -0.2) is 34.0 Å². The molecule has 0 atom stereocenters. The second kappa shape index (κ2) is 9.06. The topological polar surface area (TPSA) is 118 Å². The number of anilines is 1. The number of carbonyl (C=O) groups excluding carboxylic acids is 1. The third kappa shape index (κ3) is 4.64. The van der Waals surface area contributed by atoms with Gasteiger partial charge in [-0.15, -0.1) is 0 Å². The maximum Gasteiger partial charge on any atom is 0.268 e. The smallest absolute Gasteiger partial charge is 0.268 e. The first-order valence-electron chi connectivity index (χ1n) is 9.83. The summed E-state index contributed by atoms with van der Waals surface area (Å²) in [7, 11) is -3.57. The molecule has 1 N–H and O–H groups in total. The number of sulfone groups is 1. The Labute approximate surface area is 191 Å². The largest absolute Gasteiger partial charge is 0.318 e. The number of nitriles is 1. The molecule has 0 saturated carbocycles. The fourth-order valence-electron chi connectivity index (χ4n) is 3.35. The zero-order valence-corrected chi connectivity index (χ0v) is 20.1. The maximum absolute atomic E-state index is 12.6. The van der Waals surface area contributed by atoms with Crippen molar-refractivity contribution in [1.29, 1.82) is 5.26 Å². The Morgan fingerprint density at radius 2 is 1.97 bits per heavy atom. The van der Waals surface area contributed by atoms with Gasteiger partial charge in [-0.05, 0) is 57.0 Å². The van der Waals surface area contributed by atoms with Crippen LogP contribution in [0.5, 0.6) is 0 Å². The SMILES string of the molecule is CCS(=O)(=O)c1nsc(NC(=O)C(C#N)=Cc2cc(C)n(-c3ccc(C)cc3C)c2C)n1. The minimum atomic E-state index is -3.57. The highest BCUT2D eigenvalue weighted by Crippen LogP contribution is 2.26. The number of rotatable bonds is 6. The first-order valence-corrected chi connectivity index (χ1v) is 12.3. The van der Waals surface area contributed by atoms with Gasteiger partial charge in [0.1, 0.15) is 11.6 Å². The first-order chi connectivity index (χ1) is 15.1. The van der Waals surface area contributed by atoms with E-state index in [1.807, 2.05) is 52.0 Å². The molecule has 2 aromatic heterocycles. The lowest BCUT2D eigenvalue weighted by Crippen LogP contribution is -2.14. The molecule has 8 nitrogen and oxygen atoms in total. The van der Waals surface area contributed by atoms with Crippen molar-refractivity contribution >= 4 is 38.5 Å². The van der Waals surface area contributed by atoms with Crippen LogP contribution < -0.4 is 5.32 Å². The van der Waals surface area contributed by atoms with Gasteiger partial charge >= 0.3 is 0 Å². The van der Waals surface area contributed by atoms with Crippen LogP contribution in [-0.2, 0) is 14.6 Å². The monoisotopic (exact) mass is 469 g/mol. The number of nitrogens with zero attached hydrogens (tertiary/aromatic N) is 4. The van der Waals surface area contributed by atoms with Gasteiger partial charge in [0.05, 0.1) is 5.75 Å². The van der Waals surface area contributed by atoms with Gasteiger partial charge in [0.2, 0.25) is 15.0 Å². The highest BCUT2D eigenvalue weighted by atomic mass is 32.2. The molecule has 0 spiro atoms. The zero-order valence-electron chi connectivity index (χ0n) is 18.4. The van der Waals surface area contributed by atoms with Crippen molar-refractivity contribution in [3.63, 3.8) is 0 Å². The van der Waals surface area contributed by atoms with Gasteiger partial charge in [0.15, 0.2) is 0 Å². The molecular formula is C22H23N5O3S2. The first kappa shape index (κ1) is 23.4. The minimum absolute atomic E-state index is 0.0175. The Balaban J connectivity index is 1.92. The van der Waals surface area contributed by atoms with Gasteiger partial charge in [-0.2, -0.15) is 14.6 Å². The molecule has 32 heavy (non-hydrogen) atoms. The lowest BCUT2D eigenvalue weighted by molar-refractivity contribution is -0.112. The molecule has 0 fully saturated rings. The standard InChI is InChI=1S/C22H23N5O3S2/c1-6-32(29,30)22-25-21(31-26-22)24-20(28)18(12-23)11-17-10-15(4)27(16(17)5)19-8-7-13(2)9-14(19)3/h7-11H,6H2,1-5H3,(H,24,25,26,28). The lowest BCUT2D eigenvalue weighted by atomic mass is 10.1. The van der Waals surface area contributed by atoms with Crippen LogP contribution in [0.3, 0.4) is 0 Å². The summed E-state index contributed by atoms with van der Waals surface area (Å²) in [5.41, 5.74) is 5.80. The fourth-order valence-corrected chi connectivity index (χ4v) is 4.93. The van der Waals surface area contributed by atoms with Crippen LogP contribution in [0, 0.1) is 39.0 Å². The molecular weight excluding hydrogens is 446 g/mol. The van der Waals surface area contributed by atoms with Crippen LogP contribution in [0.2, 0.25) is 0 Å². The number of nitrogens with one attached hydrogen (secondary N) is 1. The van der Waals surface area contributed by atoms with E-state index in [1.165, 1.54) is 18.6 Å². The summed E-state index contributed by atoms with van der Waals surface area (Å²) in [5, 5.41) is 11.7. The molecule has 0 unspecified atom stereocenters. The second-order valence-corrected chi connectivity index (χ2v) is 10.3. The summed E-state index contributed by atoms with van der Waals surface area (Å²) in [6, 6.07) is 10.0. The average molecular weight is 470 g/mol. The van der Waals surface area contributed by atoms with Gasteiger partial charge in [0, 0.05) is 28.6 Å². The lowest BCUT2D eigenvalue weighted by Gasteiger charge is -2.13. The third-order valence-corrected chi connectivity index (χ3v) is 7.26. The fraction of sp³-hybridized carbons (Fsp3) is 0.273. The summed E-state index contributed by atoms with van der Waals surface area (Å²) in [4.78, 5) is 16.5. The normalized spacial score (nSPS) is 11.9. The van der Waals surface area contributed by atoms with Crippen molar-refractivity contribution in [2.75, 3.05) is 11.1 Å². The van der Waals surface area contributed by atoms with E-state index in [0.29, 0.717) is 0 Å². The zero-order chi connectivity index (χ0) is 23.6. The molecule has 0 saturated heterocycles. The second-order valence-electron chi connectivity index (χ2n) is 7.36. The van der Waals surface area contributed by atoms with Gasteiger partial charge in [-0.3, -0.25) is 10.1 Å².